The second-order valence-corrected chi connectivity index (χ2v) is 8.66. The lowest BCUT2D eigenvalue weighted by Crippen LogP contribution is -2.37. The third-order valence-electron chi connectivity index (χ3n) is 5.13. The summed E-state index contributed by atoms with van der Waals surface area (Å²) in [6, 6.07) is 10.6. The maximum Gasteiger partial charge on any atom is 0.243 e. The SMILES string of the molecule is CCOc1ccc(S(=O)(=O)N2CCC(c3c[nH]c4cccnc34)CC2)cc1. The monoisotopic (exact) mass is 385 g/mol. The van der Waals surface area contributed by atoms with Crippen LogP contribution in [0.2, 0.25) is 0 Å². The van der Waals surface area contributed by atoms with Crippen LogP contribution in [0, 0.1) is 0 Å². The van der Waals surface area contributed by atoms with E-state index in [1.165, 1.54) is 5.56 Å². The van der Waals surface area contributed by atoms with E-state index in [9.17, 15) is 8.42 Å². The van der Waals surface area contributed by atoms with Crippen LogP contribution in [0.3, 0.4) is 0 Å². The number of aromatic nitrogens is 2. The minimum absolute atomic E-state index is 0.318. The molecular weight excluding hydrogens is 362 g/mol. The molecule has 27 heavy (non-hydrogen) atoms. The van der Waals surface area contributed by atoms with Crippen LogP contribution in [-0.2, 0) is 10.0 Å². The van der Waals surface area contributed by atoms with E-state index < -0.39 is 10.0 Å². The van der Waals surface area contributed by atoms with Crippen molar-refractivity contribution in [2.24, 2.45) is 0 Å². The molecule has 0 saturated carbocycles. The van der Waals surface area contributed by atoms with Crippen molar-refractivity contribution in [2.75, 3.05) is 19.7 Å². The molecule has 1 fully saturated rings. The number of ether oxygens (including phenoxy) is 1. The molecule has 0 radical (unpaired) electrons. The molecule has 7 heteroatoms. The van der Waals surface area contributed by atoms with Crippen LogP contribution in [0.4, 0.5) is 0 Å². The zero-order valence-corrected chi connectivity index (χ0v) is 16.1. The van der Waals surface area contributed by atoms with Gasteiger partial charge in [-0.1, -0.05) is 0 Å². The van der Waals surface area contributed by atoms with Gasteiger partial charge in [0, 0.05) is 25.5 Å². The Labute approximate surface area is 159 Å². The Morgan fingerprint density at radius 3 is 2.63 bits per heavy atom. The number of hydrogen-bond acceptors (Lipinski definition) is 4. The lowest BCUT2D eigenvalue weighted by atomic mass is 9.91. The highest BCUT2D eigenvalue weighted by atomic mass is 32.2. The van der Waals surface area contributed by atoms with Crippen molar-refractivity contribution in [2.45, 2.75) is 30.6 Å². The van der Waals surface area contributed by atoms with Gasteiger partial charge in [-0.15, -0.1) is 0 Å². The van der Waals surface area contributed by atoms with E-state index >= 15 is 0 Å². The standard InChI is InChI=1S/C20H23N3O3S/c1-2-26-16-5-7-17(8-6-16)27(24,25)23-12-9-15(10-13-23)18-14-22-19-4-3-11-21-20(18)19/h3-8,11,14-15,22H,2,9-10,12-13H2,1H3. The van der Waals surface area contributed by atoms with Crippen molar-refractivity contribution < 1.29 is 13.2 Å². The summed E-state index contributed by atoms with van der Waals surface area (Å²) in [5.74, 6) is 1.00. The first-order chi connectivity index (χ1) is 13.1. The zero-order chi connectivity index (χ0) is 18.9. The van der Waals surface area contributed by atoms with Crippen LogP contribution >= 0.6 is 0 Å². The Morgan fingerprint density at radius 1 is 1.19 bits per heavy atom. The van der Waals surface area contributed by atoms with Gasteiger partial charge in [-0.25, -0.2) is 8.42 Å². The summed E-state index contributed by atoms with van der Waals surface area (Å²) in [6.45, 7) is 3.49. The van der Waals surface area contributed by atoms with Gasteiger partial charge in [0.05, 0.1) is 22.5 Å². The molecule has 0 bridgehead atoms. The molecule has 6 nitrogen and oxygen atoms in total. The quantitative estimate of drug-likeness (QED) is 0.729. The average Bonchev–Trinajstić information content (AvgIpc) is 3.13. The van der Waals surface area contributed by atoms with E-state index in [4.69, 9.17) is 4.74 Å². The molecule has 3 aromatic rings. The van der Waals surface area contributed by atoms with Gasteiger partial charge < -0.3 is 9.72 Å². The Bertz CT molecular complexity index is 1020. The maximum absolute atomic E-state index is 12.9. The van der Waals surface area contributed by atoms with Crippen molar-refractivity contribution in [1.29, 1.82) is 0 Å². The Morgan fingerprint density at radius 2 is 1.93 bits per heavy atom. The number of sulfonamides is 1. The minimum Gasteiger partial charge on any atom is -0.494 e. The topological polar surface area (TPSA) is 75.3 Å². The molecule has 1 aliphatic rings. The summed E-state index contributed by atoms with van der Waals surface area (Å²) in [5.41, 5.74) is 3.20. The molecule has 1 aliphatic heterocycles. The largest absolute Gasteiger partial charge is 0.494 e. The molecule has 142 valence electrons. The van der Waals surface area contributed by atoms with Crippen LogP contribution in [0.25, 0.3) is 11.0 Å². The number of fused-ring (bicyclic) bond motifs is 1. The molecule has 0 amide bonds. The molecule has 1 N–H and O–H groups in total. The molecule has 0 aliphatic carbocycles. The smallest absolute Gasteiger partial charge is 0.243 e. The second kappa shape index (κ2) is 7.32. The Hall–Kier alpha value is -2.38. The number of nitrogens with zero attached hydrogens (tertiary/aromatic N) is 2. The van der Waals surface area contributed by atoms with Crippen molar-refractivity contribution in [1.82, 2.24) is 14.3 Å². The predicted molar refractivity (Wildman–Crippen MR) is 104 cm³/mol. The van der Waals surface area contributed by atoms with Gasteiger partial charge in [-0.05, 0) is 67.6 Å². The summed E-state index contributed by atoms with van der Waals surface area (Å²) in [4.78, 5) is 8.06. The molecule has 0 spiro atoms. The molecule has 4 rings (SSSR count). The van der Waals surface area contributed by atoms with Gasteiger partial charge in [0.25, 0.3) is 0 Å². The van der Waals surface area contributed by atoms with E-state index in [0.717, 1.165) is 23.9 Å². The zero-order valence-electron chi connectivity index (χ0n) is 15.3. The first-order valence-corrected chi connectivity index (χ1v) is 10.7. The molecule has 2 aromatic heterocycles. The second-order valence-electron chi connectivity index (χ2n) is 6.73. The summed E-state index contributed by atoms with van der Waals surface area (Å²) < 4.78 is 32.8. The van der Waals surface area contributed by atoms with Gasteiger partial charge in [0.15, 0.2) is 0 Å². The van der Waals surface area contributed by atoms with Crippen molar-refractivity contribution in [3.8, 4) is 5.75 Å². The fourth-order valence-electron chi connectivity index (χ4n) is 3.72. The fourth-order valence-corrected chi connectivity index (χ4v) is 5.19. The number of H-pyrrole nitrogens is 1. The Balaban J connectivity index is 1.48. The summed E-state index contributed by atoms with van der Waals surface area (Å²) in [6.07, 6.45) is 5.39. The highest BCUT2D eigenvalue weighted by Crippen LogP contribution is 2.34. The number of nitrogens with one attached hydrogen (secondary N) is 1. The molecule has 0 atom stereocenters. The number of hydrogen-bond donors (Lipinski definition) is 1. The molecule has 1 aromatic carbocycles. The molecule has 1 saturated heterocycles. The fraction of sp³-hybridized carbons (Fsp3) is 0.350. The van der Waals surface area contributed by atoms with Crippen LogP contribution < -0.4 is 4.74 Å². The lowest BCUT2D eigenvalue weighted by Gasteiger charge is -2.31. The highest BCUT2D eigenvalue weighted by molar-refractivity contribution is 7.89. The van der Waals surface area contributed by atoms with Gasteiger partial charge >= 0.3 is 0 Å². The van der Waals surface area contributed by atoms with Gasteiger partial charge in [-0.3, -0.25) is 4.98 Å². The number of rotatable bonds is 5. The average molecular weight is 385 g/mol. The number of aromatic amines is 1. The predicted octanol–water partition coefficient (Wildman–Crippen LogP) is 3.53. The van der Waals surface area contributed by atoms with Crippen molar-refractivity contribution >= 4 is 21.1 Å². The van der Waals surface area contributed by atoms with Gasteiger partial charge in [0.2, 0.25) is 10.0 Å². The molecular formula is C20H23N3O3S. The van der Waals surface area contributed by atoms with E-state index in [2.05, 4.69) is 9.97 Å². The van der Waals surface area contributed by atoms with Crippen LogP contribution in [0.15, 0.2) is 53.7 Å². The van der Waals surface area contributed by atoms with Crippen LogP contribution in [0.5, 0.6) is 5.75 Å². The highest BCUT2D eigenvalue weighted by Gasteiger charge is 2.31. The normalized spacial score (nSPS) is 16.6. The third-order valence-corrected chi connectivity index (χ3v) is 7.04. The van der Waals surface area contributed by atoms with Crippen LogP contribution in [-0.4, -0.2) is 42.4 Å². The first-order valence-electron chi connectivity index (χ1n) is 9.24. The first kappa shape index (κ1) is 18.0. The summed E-state index contributed by atoms with van der Waals surface area (Å²) in [7, 11) is -3.47. The van der Waals surface area contributed by atoms with Gasteiger partial charge in [-0.2, -0.15) is 4.31 Å². The van der Waals surface area contributed by atoms with Gasteiger partial charge in [0.1, 0.15) is 5.75 Å². The molecule has 3 heterocycles. The van der Waals surface area contributed by atoms with Crippen molar-refractivity contribution in [3.05, 3.63) is 54.4 Å². The minimum atomic E-state index is -3.47. The van der Waals surface area contributed by atoms with E-state index in [1.807, 2.05) is 25.3 Å². The Kier molecular flexibility index (Phi) is 4.88. The van der Waals surface area contributed by atoms with E-state index in [0.29, 0.717) is 36.3 Å². The number of pyridine rings is 1. The van der Waals surface area contributed by atoms with E-state index in [1.54, 1.807) is 34.8 Å². The number of piperidine rings is 1. The summed E-state index contributed by atoms with van der Waals surface area (Å²) in [5, 5.41) is 0. The van der Waals surface area contributed by atoms with Crippen molar-refractivity contribution in [3.63, 3.8) is 0 Å². The van der Waals surface area contributed by atoms with Crippen LogP contribution in [0.1, 0.15) is 31.2 Å². The van der Waals surface area contributed by atoms with E-state index in [-0.39, 0.29) is 0 Å². The lowest BCUT2D eigenvalue weighted by molar-refractivity contribution is 0.320. The summed E-state index contributed by atoms with van der Waals surface area (Å²) >= 11 is 0. The number of benzene rings is 1. The third kappa shape index (κ3) is 3.44. The maximum atomic E-state index is 12.9. The molecule has 0 unspecified atom stereocenters.